The summed E-state index contributed by atoms with van der Waals surface area (Å²) >= 11 is 5.88. The lowest BCUT2D eigenvalue weighted by Crippen LogP contribution is -2.12. The molecule has 0 aliphatic heterocycles. The van der Waals surface area contributed by atoms with Gasteiger partial charge in [0.15, 0.2) is 0 Å². The second kappa shape index (κ2) is 4.51. The van der Waals surface area contributed by atoms with Crippen LogP contribution in [0.2, 0.25) is 5.02 Å². The summed E-state index contributed by atoms with van der Waals surface area (Å²) in [5.74, 6) is 0.286. The number of carbonyl (C=O) groups excluding carboxylic acids is 1. The Kier molecular flexibility index (Phi) is 3.06. The maximum Gasteiger partial charge on any atom is 0.259 e. The Bertz CT molecular complexity index is 563. The molecule has 0 radical (unpaired) electrons. The lowest BCUT2D eigenvalue weighted by Gasteiger charge is -2.06. The summed E-state index contributed by atoms with van der Waals surface area (Å²) in [7, 11) is 0. The van der Waals surface area contributed by atoms with Crippen LogP contribution in [-0.2, 0) is 0 Å². The maximum atomic E-state index is 11.8. The molecule has 0 aliphatic rings. The highest BCUT2D eigenvalue weighted by molar-refractivity contribution is 6.34. The highest BCUT2D eigenvalue weighted by Crippen LogP contribution is 2.26. The number of halogens is 1. The fraction of sp³-hybridized carbons (Fsp3) is 0.0833. The van der Waals surface area contributed by atoms with E-state index in [1.54, 1.807) is 13.0 Å². The Morgan fingerprint density at radius 1 is 1.41 bits per heavy atom. The minimum atomic E-state index is -0.302. The molecular formula is C12H10ClNO3. The predicted octanol–water partition coefficient (Wildman–Crippen LogP) is 3.20. The Morgan fingerprint density at radius 3 is 2.76 bits per heavy atom. The smallest absolute Gasteiger partial charge is 0.259 e. The van der Waals surface area contributed by atoms with Crippen molar-refractivity contribution in [1.82, 2.24) is 0 Å². The standard InChI is InChI=1S/C12H10ClNO3/c1-7-9(4-5-17-7)12(16)14-11-3-2-8(15)6-10(11)13/h2-6,15H,1H3,(H,14,16). The summed E-state index contributed by atoms with van der Waals surface area (Å²) in [6.45, 7) is 1.70. The quantitative estimate of drug-likeness (QED) is 0.806. The van der Waals surface area contributed by atoms with Gasteiger partial charge < -0.3 is 14.8 Å². The average Bonchev–Trinajstić information content (AvgIpc) is 2.68. The molecule has 0 unspecified atom stereocenters. The fourth-order valence-corrected chi connectivity index (χ4v) is 1.64. The molecule has 0 saturated carbocycles. The number of rotatable bonds is 2. The van der Waals surface area contributed by atoms with E-state index in [0.717, 1.165) is 0 Å². The lowest BCUT2D eigenvalue weighted by molar-refractivity contribution is 0.102. The molecule has 0 fully saturated rings. The van der Waals surface area contributed by atoms with Gasteiger partial charge in [-0.3, -0.25) is 4.79 Å². The molecule has 1 aromatic heterocycles. The number of aromatic hydroxyl groups is 1. The summed E-state index contributed by atoms with van der Waals surface area (Å²) < 4.78 is 5.04. The first-order chi connectivity index (χ1) is 8.08. The Balaban J connectivity index is 2.22. The number of nitrogens with one attached hydrogen (secondary N) is 1. The van der Waals surface area contributed by atoms with Crippen molar-refractivity contribution in [2.45, 2.75) is 6.92 Å². The molecule has 1 amide bonds. The molecule has 1 aromatic carbocycles. The van der Waals surface area contributed by atoms with Gasteiger partial charge in [-0.05, 0) is 25.1 Å². The lowest BCUT2D eigenvalue weighted by atomic mass is 10.2. The maximum absolute atomic E-state index is 11.8. The largest absolute Gasteiger partial charge is 0.508 e. The zero-order chi connectivity index (χ0) is 12.4. The van der Waals surface area contributed by atoms with E-state index in [2.05, 4.69) is 5.32 Å². The van der Waals surface area contributed by atoms with Gasteiger partial charge >= 0.3 is 0 Å². The number of carbonyl (C=O) groups is 1. The number of benzene rings is 1. The molecule has 1 heterocycles. The molecule has 2 N–H and O–H groups in total. The molecule has 0 atom stereocenters. The minimum absolute atomic E-state index is 0.0486. The number of amides is 1. The topological polar surface area (TPSA) is 62.5 Å². The predicted molar refractivity (Wildman–Crippen MR) is 64.5 cm³/mol. The van der Waals surface area contributed by atoms with Gasteiger partial charge in [-0.25, -0.2) is 0 Å². The van der Waals surface area contributed by atoms with E-state index < -0.39 is 0 Å². The summed E-state index contributed by atoms with van der Waals surface area (Å²) in [4.78, 5) is 11.8. The average molecular weight is 252 g/mol. The summed E-state index contributed by atoms with van der Waals surface area (Å²) in [6, 6.07) is 5.92. The van der Waals surface area contributed by atoms with E-state index in [9.17, 15) is 9.90 Å². The first kappa shape index (κ1) is 11.5. The second-order valence-electron chi connectivity index (χ2n) is 3.51. The first-order valence-electron chi connectivity index (χ1n) is 4.92. The van der Waals surface area contributed by atoms with E-state index in [4.69, 9.17) is 16.0 Å². The highest BCUT2D eigenvalue weighted by atomic mass is 35.5. The van der Waals surface area contributed by atoms with Crippen LogP contribution in [0.3, 0.4) is 0 Å². The van der Waals surface area contributed by atoms with Crippen molar-refractivity contribution >= 4 is 23.2 Å². The van der Waals surface area contributed by atoms with Gasteiger partial charge in [0.1, 0.15) is 11.5 Å². The van der Waals surface area contributed by atoms with Gasteiger partial charge in [-0.1, -0.05) is 11.6 Å². The van der Waals surface area contributed by atoms with Crippen molar-refractivity contribution in [2.75, 3.05) is 5.32 Å². The number of hydrogen-bond donors (Lipinski definition) is 2. The molecule has 0 aliphatic carbocycles. The van der Waals surface area contributed by atoms with Crippen molar-refractivity contribution in [3.8, 4) is 5.75 Å². The van der Waals surface area contributed by atoms with Crippen molar-refractivity contribution in [3.63, 3.8) is 0 Å². The van der Waals surface area contributed by atoms with E-state index >= 15 is 0 Å². The van der Waals surface area contributed by atoms with Crippen molar-refractivity contribution < 1.29 is 14.3 Å². The van der Waals surface area contributed by atoms with Crippen LogP contribution in [0.4, 0.5) is 5.69 Å². The fourth-order valence-electron chi connectivity index (χ4n) is 1.42. The van der Waals surface area contributed by atoms with E-state index in [0.29, 0.717) is 17.0 Å². The first-order valence-corrected chi connectivity index (χ1v) is 5.29. The van der Waals surface area contributed by atoms with Crippen LogP contribution in [0, 0.1) is 6.92 Å². The number of phenolic OH excluding ortho intramolecular Hbond substituents is 1. The molecule has 17 heavy (non-hydrogen) atoms. The van der Waals surface area contributed by atoms with Gasteiger partial charge in [0, 0.05) is 6.07 Å². The number of furan rings is 1. The molecule has 2 aromatic rings. The van der Waals surface area contributed by atoms with Crippen LogP contribution < -0.4 is 5.32 Å². The zero-order valence-corrected chi connectivity index (χ0v) is 9.78. The molecule has 0 bridgehead atoms. The number of phenols is 1. The highest BCUT2D eigenvalue weighted by Gasteiger charge is 2.13. The van der Waals surface area contributed by atoms with Crippen molar-refractivity contribution in [2.24, 2.45) is 0 Å². The zero-order valence-electron chi connectivity index (χ0n) is 9.03. The van der Waals surface area contributed by atoms with E-state index in [1.165, 1.54) is 24.5 Å². The molecule has 0 spiro atoms. The van der Waals surface area contributed by atoms with Gasteiger partial charge in [-0.15, -0.1) is 0 Å². The van der Waals surface area contributed by atoms with Crippen LogP contribution in [0.5, 0.6) is 5.75 Å². The molecule has 5 heteroatoms. The Labute approximate surface area is 103 Å². The third-order valence-electron chi connectivity index (χ3n) is 2.30. The molecule has 2 rings (SSSR count). The van der Waals surface area contributed by atoms with Gasteiger partial charge in [-0.2, -0.15) is 0 Å². The summed E-state index contributed by atoms with van der Waals surface area (Å²) in [5.41, 5.74) is 0.893. The van der Waals surface area contributed by atoms with Gasteiger partial charge in [0.05, 0.1) is 22.5 Å². The minimum Gasteiger partial charge on any atom is -0.508 e. The number of aryl methyl sites for hydroxylation is 1. The molecule has 4 nitrogen and oxygen atoms in total. The SMILES string of the molecule is Cc1occc1C(=O)Nc1ccc(O)cc1Cl. The molecule has 88 valence electrons. The van der Waals surface area contributed by atoms with Crippen LogP contribution in [0.15, 0.2) is 34.9 Å². The van der Waals surface area contributed by atoms with E-state index in [-0.39, 0.29) is 16.7 Å². The Morgan fingerprint density at radius 2 is 2.18 bits per heavy atom. The van der Waals surface area contributed by atoms with Crippen LogP contribution >= 0.6 is 11.6 Å². The van der Waals surface area contributed by atoms with E-state index in [1.807, 2.05) is 0 Å². The van der Waals surface area contributed by atoms with Gasteiger partial charge in [0.2, 0.25) is 0 Å². The monoisotopic (exact) mass is 251 g/mol. The van der Waals surface area contributed by atoms with Gasteiger partial charge in [0.25, 0.3) is 5.91 Å². The van der Waals surface area contributed by atoms with Crippen LogP contribution in [-0.4, -0.2) is 11.0 Å². The molecular weight excluding hydrogens is 242 g/mol. The number of anilines is 1. The number of hydrogen-bond acceptors (Lipinski definition) is 3. The molecule has 0 saturated heterocycles. The van der Waals surface area contributed by atoms with Crippen LogP contribution in [0.25, 0.3) is 0 Å². The summed E-state index contributed by atoms with van der Waals surface area (Å²) in [5, 5.41) is 12.1. The van der Waals surface area contributed by atoms with Crippen molar-refractivity contribution in [3.05, 3.63) is 46.9 Å². The van der Waals surface area contributed by atoms with Crippen LogP contribution in [0.1, 0.15) is 16.1 Å². The third kappa shape index (κ3) is 2.42. The normalized spacial score (nSPS) is 10.2. The summed E-state index contributed by atoms with van der Waals surface area (Å²) in [6.07, 6.45) is 1.45. The Hall–Kier alpha value is -1.94. The third-order valence-corrected chi connectivity index (χ3v) is 2.62. The second-order valence-corrected chi connectivity index (χ2v) is 3.92. The van der Waals surface area contributed by atoms with Crippen molar-refractivity contribution in [1.29, 1.82) is 0 Å².